The molecule has 0 spiro atoms. The Bertz CT molecular complexity index is 719. The van der Waals surface area contributed by atoms with Crippen LogP contribution < -0.4 is 20.1 Å². The molecule has 1 heterocycles. The average Bonchev–Trinajstić information content (AvgIpc) is 2.94. The number of ether oxygens (including phenoxy) is 2. The third-order valence-electron chi connectivity index (χ3n) is 3.17. The summed E-state index contributed by atoms with van der Waals surface area (Å²) in [7, 11) is 0. The van der Waals surface area contributed by atoms with Crippen molar-refractivity contribution >= 4 is 33.2 Å². The fourth-order valence-corrected chi connectivity index (χ4v) is 2.84. The highest BCUT2D eigenvalue weighted by Gasteiger charge is 2.17. The van der Waals surface area contributed by atoms with Crippen LogP contribution in [0.3, 0.4) is 0 Å². The number of nitrogens with one attached hydrogen (secondary N) is 2. The highest BCUT2D eigenvalue weighted by Crippen LogP contribution is 2.40. The monoisotopic (exact) mass is 362 g/mol. The zero-order valence-corrected chi connectivity index (χ0v) is 13.6. The molecule has 6 heteroatoms. The van der Waals surface area contributed by atoms with Gasteiger partial charge in [-0.05, 0) is 51.8 Å². The van der Waals surface area contributed by atoms with Gasteiger partial charge in [-0.25, -0.2) is 0 Å². The van der Waals surface area contributed by atoms with E-state index in [1.54, 1.807) is 0 Å². The normalized spacial score (nSPS) is 12.1. The van der Waals surface area contributed by atoms with Crippen molar-refractivity contribution in [2.24, 2.45) is 0 Å². The Balaban J connectivity index is 1.70. The van der Waals surface area contributed by atoms with E-state index in [1.165, 1.54) is 6.92 Å². The van der Waals surface area contributed by atoms with Crippen molar-refractivity contribution in [1.29, 1.82) is 0 Å². The van der Waals surface area contributed by atoms with Crippen LogP contribution in [0.25, 0.3) is 0 Å². The number of amides is 1. The summed E-state index contributed by atoms with van der Waals surface area (Å²) in [6.07, 6.45) is 0. The van der Waals surface area contributed by atoms with Crippen molar-refractivity contribution in [3.8, 4) is 11.5 Å². The fourth-order valence-electron chi connectivity index (χ4n) is 2.24. The van der Waals surface area contributed by atoms with Crippen LogP contribution in [-0.4, -0.2) is 12.7 Å². The number of carbonyl (C=O) groups excluding carboxylic acids is 1. The number of benzene rings is 2. The van der Waals surface area contributed by atoms with Crippen LogP contribution >= 0.6 is 15.9 Å². The van der Waals surface area contributed by atoms with E-state index in [1.807, 2.05) is 36.4 Å². The van der Waals surface area contributed by atoms with Crippen molar-refractivity contribution in [3.05, 3.63) is 46.4 Å². The molecule has 1 amide bonds. The smallest absolute Gasteiger partial charge is 0.231 e. The molecule has 2 aromatic rings. The van der Waals surface area contributed by atoms with E-state index in [0.717, 1.165) is 32.9 Å². The van der Waals surface area contributed by atoms with E-state index in [2.05, 4.69) is 26.6 Å². The minimum Gasteiger partial charge on any atom is -0.454 e. The predicted octanol–water partition coefficient (Wildman–Crippen LogP) is 3.75. The molecule has 1 aliphatic rings. The zero-order chi connectivity index (χ0) is 15.5. The Morgan fingerprint density at radius 2 is 2.05 bits per heavy atom. The predicted molar refractivity (Wildman–Crippen MR) is 88.3 cm³/mol. The molecule has 0 saturated heterocycles. The van der Waals surface area contributed by atoms with Crippen molar-refractivity contribution in [2.75, 3.05) is 17.4 Å². The first-order valence-electron chi connectivity index (χ1n) is 6.81. The van der Waals surface area contributed by atoms with Gasteiger partial charge in [0.1, 0.15) is 0 Å². The Morgan fingerprint density at radius 1 is 1.23 bits per heavy atom. The SMILES string of the molecule is CC(=O)Nc1cccc(NCc2cc(Br)c3c(c2)OCO3)c1. The lowest BCUT2D eigenvalue weighted by Crippen LogP contribution is -2.06. The Morgan fingerprint density at radius 3 is 2.86 bits per heavy atom. The van der Waals surface area contributed by atoms with Crippen molar-refractivity contribution < 1.29 is 14.3 Å². The van der Waals surface area contributed by atoms with Crippen LogP contribution in [0.1, 0.15) is 12.5 Å². The largest absolute Gasteiger partial charge is 0.454 e. The molecule has 0 saturated carbocycles. The fraction of sp³-hybridized carbons (Fsp3) is 0.188. The van der Waals surface area contributed by atoms with Gasteiger partial charge in [0, 0.05) is 24.8 Å². The Kier molecular flexibility index (Phi) is 4.20. The molecule has 22 heavy (non-hydrogen) atoms. The van der Waals surface area contributed by atoms with Gasteiger partial charge in [0.05, 0.1) is 4.47 Å². The molecule has 0 atom stereocenters. The standard InChI is InChI=1S/C16H15BrN2O3/c1-10(20)19-13-4-2-3-12(7-13)18-8-11-5-14(17)16-15(6-11)21-9-22-16/h2-7,18H,8-9H2,1H3,(H,19,20). The summed E-state index contributed by atoms with van der Waals surface area (Å²) in [5.74, 6) is 1.41. The van der Waals surface area contributed by atoms with E-state index in [-0.39, 0.29) is 12.7 Å². The molecule has 114 valence electrons. The van der Waals surface area contributed by atoms with Gasteiger partial charge in [0.25, 0.3) is 0 Å². The van der Waals surface area contributed by atoms with Crippen LogP contribution in [0.15, 0.2) is 40.9 Å². The number of carbonyl (C=O) groups is 1. The van der Waals surface area contributed by atoms with Crippen molar-refractivity contribution in [2.45, 2.75) is 13.5 Å². The maximum atomic E-state index is 11.1. The maximum Gasteiger partial charge on any atom is 0.231 e. The lowest BCUT2D eigenvalue weighted by Gasteiger charge is -2.10. The molecule has 1 aliphatic heterocycles. The van der Waals surface area contributed by atoms with Gasteiger partial charge >= 0.3 is 0 Å². The highest BCUT2D eigenvalue weighted by molar-refractivity contribution is 9.10. The van der Waals surface area contributed by atoms with E-state index in [9.17, 15) is 4.79 Å². The number of anilines is 2. The lowest BCUT2D eigenvalue weighted by atomic mass is 10.2. The van der Waals surface area contributed by atoms with Crippen LogP contribution in [0, 0.1) is 0 Å². The number of fused-ring (bicyclic) bond motifs is 1. The molecule has 5 nitrogen and oxygen atoms in total. The van der Waals surface area contributed by atoms with E-state index in [4.69, 9.17) is 9.47 Å². The topological polar surface area (TPSA) is 59.6 Å². The number of hydrogen-bond donors (Lipinski definition) is 2. The van der Waals surface area contributed by atoms with Crippen LogP contribution in [0.2, 0.25) is 0 Å². The summed E-state index contributed by atoms with van der Waals surface area (Å²) >= 11 is 3.48. The van der Waals surface area contributed by atoms with Crippen molar-refractivity contribution in [1.82, 2.24) is 0 Å². The molecule has 0 aliphatic carbocycles. The van der Waals surface area contributed by atoms with Crippen molar-refractivity contribution in [3.63, 3.8) is 0 Å². The van der Waals surface area contributed by atoms with Gasteiger partial charge in [0.2, 0.25) is 12.7 Å². The second-order valence-electron chi connectivity index (χ2n) is 4.93. The molecule has 0 bridgehead atoms. The first-order valence-corrected chi connectivity index (χ1v) is 7.60. The van der Waals surface area contributed by atoms with Gasteiger partial charge in [0.15, 0.2) is 11.5 Å². The third kappa shape index (κ3) is 3.33. The number of halogens is 1. The molecule has 0 radical (unpaired) electrons. The molecule has 0 unspecified atom stereocenters. The van der Waals surface area contributed by atoms with Gasteiger partial charge in [-0.2, -0.15) is 0 Å². The zero-order valence-electron chi connectivity index (χ0n) is 12.0. The maximum absolute atomic E-state index is 11.1. The summed E-state index contributed by atoms with van der Waals surface area (Å²) in [4.78, 5) is 11.1. The van der Waals surface area contributed by atoms with E-state index in [0.29, 0.717) is 6.54 Å². The second-order valence-corrected chi connectivity index (χ2v) is 5.78. The lowest BCUT2D eigenvalue weighted by molar-refractivity contribution is -0.114. The first-order chi connectivity index (χ1) is 10.6. The Hall–Kier alpha value is -2.21. The summed E-state index contributed by atoms with van der Waals surface area (Å²) in [6.45, 7) is 2.38. The average molecular weight is 363 g/mol. The molecule has 2 aromatic carbocycles. The minimum atomic E-state index is -0.0862. The molecular weight excluding hydrogens is 348 g/mol. The quantitative estimate of drug-likeness (QED) is 0.869. The van der Waals surface area contributed by atoms with Gasteiger partial charge in [-0.3, -0.25) is 4.79 Å². The molecule has 0 aromatic heterocycles. The Labute approximate surface area is 136 Å². The first kappa shape index (κ1) is 14.7. The minimum absolute atomic E-state index is 0.0862. The molecule has 3 rings (SSSR count). The van der Waals surface area contributed by atoms with Gasteiger partial charge in [-0.1, -0.05) is 6.07 Å². The molecule has 2 N–H and O–H groups in total. The summed E-state index contributed by atoms with van der Waals surface area (Å²) in [6, 6.07) is 11.5. The molecular formula is C16H15BrN2O3. The van der Waals surface area contributed by atoms with E-state index >= 15 is 0 Å². The second kappa shape index (κ2) is 6.27. The summed E-state index contributed by atoms with van der Waals surface area (Å²) in [5.41, 5.74) is 2.77. The summed E-state index contributed by atoms with van der Waals surface area (Å²) in [5, 5.41) is 6.09. The van der Waals surface area contributed by atoms with Gasteiger partial charge < -0.3 is 20.1 Å². The molecule has 0 fully saturated rings. The highest BCUT2D eigenvalue weighted by atomic mass is 79.9. The van der Waals surface area contributed by atoms with Crippen LogP contribution in [-0.2, 0) is 11.3 Å². The number of hydrogen-bond acceptors (Lipinski definition) is 4. The van der Waals surface area contributed by atoms with E-state index < -0.39 is 0 Å². The number of rotatable bonds is 4. The summed E-state index contributed by atoms with van der Waals surface area (Å²) < 4.78 is 11.7. The third-order valence-corrected chi connectivity index (χ3v) is 3.76. The van der Waals surface area contributed by atoms with Crippen LogP contribution in [0.5, 0.6) is 11.5 Å². The van der Waals surface area contributed by atoms with Gasteiger partial charge in [-0.15, -0.1) is 0 Å². The van der Waals surface area contributed by atoms with Crippen LogP contribution in [0.4, 0.5) is 11.4 Å².